The number of likely N-dealkylation sites (tertiary alicyclic amines) is 1. The summed E-state index contributed by atoms with van der Waals surface area (Å²) in [6.45, 7) is 7.59. The predicted octanol–water partition coefficient (Wildman–Crippen LogP) is 2.36. The number of nitrogens with one attached hydrogen (secondary N) is 2. The molecule has 0 spiro atoms. The predicted molar refractivity (Wildman–Crippen MR) is 107 cm³/mol. The Morgan fingerprint density at radius 1 is 1.04 bits per heavy atom. The van der Waals surface area contributed by atoms with Crippen LogP contribution in [0.4, 0.5) is 0 Å². The van der Waals surface area contributed by atoms with E-state index >= 15 is 0 Å². The SMILES string of the molecule is c1cc2nc(CN3CCNCC3)[nH]c2cc1OC1CCN(C2CCC2)CC1. The normalized spacial score (nSPS) is 23.6. The number of imidazole rings is 1. The zero-order chi connectivity index (χ0) is 18.1. The fourth-order valence-electron chi connectivity index (χ4n) is 4.57. The maximum absolute atomic E-state index is 6.31. The molecule has 3 aliphatic rings. The summed E-state index contributed by atoms with van der Waals surface area (Å²) < 4.78 is 6.31. The molecule has 0 amide bonds. The van der Waals surface area contributed by atoms with E-state index in [0.717, 1.165) is 74.2 Å². The van der Waals surface area contributed by atoms with Crippen molar-refractivity contribution in [3.63, 3.8) is 0 Å². The highest BCUT2D eigenvalue weighted by atomic mass is 16.5. The maximum Gasteiger partial charge on any atom is 0.121 e. The molecule has 27 heavy (non-hydrogen) atoms. The number of benzene rings is 1. The smallest absolute Gasteiger partial charge is 0.121 e. The van der Waals surface area contributed by atoms with Crippen LogP contribution in [0.5, 0.6) is 5.75 Å². The molecule has 0 radical (unpaired) electrons. The molecule has 6 nitrogen and oxygen atoms in total. The van der Waals surface area contributed by atoms with Gasteiger partial charge in [-0.3, -0.25) is 4.90 Å². The quantitative estimate of drug-likeness (QED) is 0.847. The van der Waals surface area contributed by atoms with Crippen molar-refractivity contribution in [1.82, 2.24) is 25.1 Å². The van der Waals surface area contributed by atoms with Crippen molar-refractivity contribution in [2.45, 2.75) is 50.8 Å². The first-order valence-electron chi connectivity index (χ1n) is 10.7. The number of piperidine rings is 1. The minimum atomic E-state index is 0.349. The third kappa shape index (κ3) is 3.98. The monoisotopic (exact) mass is 369 g/mol. The highest BCUT2D eigenvalue weighted by molar-refractivity contribution is 5.76. The van der Waals surface area contributed by atoms with E-state index in [1.165, 1.54) is 32.4 Å². The van der Waals surface area contributed by atoms with Crippen molar-refractivity contribution >= 4 is 11.0 Å². The Morgan fingerprint density at radius 3 is 2.59 bits per heavy atom. The number of aromatic amines is 1. The van der Waals surface area contributed by atoms with Crippen LogP contribution in [0.1, 0.15) is 37.9 Å². The molecular weight excluding hydrogens is 338 g/mol. The Balaban J connectivity index is 1.19. The van der Waals surface area contributed by atoms with Crippen LogP contribution in [-0.2, 0) is 6.54 Å². The second kappa shape index (κ2) is 7.78. The van der Waals surface area contributed by atoms with E-state index in [-0.39, 0.29) is 0 Å². The molecular formula is C21H31N5O. The number of hydrogen-bond donors (Lipinski definition) is 2. The lowest BCUT2D eigenvalue weighted by atomic mass is 9.90. The van der Waals surface area contributed by atoms with Gasteiger partial charge in [0.25, 0.3) is 0 Å². The lowest BCUT2D eigenvalue weighted by Gasteiger charge is -2.41. The molecule has 3 fully saturated rings. The van der Waals surface area contributed by atoms with Crippen LogP contribution >= 0.6 is 0 Å². The highest BCUT2D eigenvalue weighted by Crippen LogP contribution is 2.29. The molecule has 1 saturated carbocycles. The first-order valence-corrected chi connectivity index (χ1v) is 10.7. The van der Waals surface area contributed by atoms with E-state index in [0.29, 0.717) is 6.10 Å². The molecule has 1 aromatic carbocycles. The van der Waals surface area contributed by atoms with E-state index in [1.54, 1.807) is 0 Å². The van der Waals surface area contributed by atoms with Crippen LogP contribution in [0.3, 0.4) is 0 Å². The summed E-state index contributed by atoms with van der Waals surface area (Å²) in [5, 5.41) is 3.40. The summed E-state index contributed by atoms with van der Waals surface area (Å²) in [4.78, 5) is 13.4. The number of H-pyrrole nitrogens is 1. The first kappa shape index (κ1) is 17.5. The number of nitrogens with zero attached hydrogens (tertiary/aromatic N) is 3. The highest BCUT2D eigenvalue weighted by Gasteiger charge is 2.29. The van der Waals surface area contributed by atoms with Gasteiger partial charge in [0.05, 0.1) is 17.6 Å². The molecule has 2 aromatic rings. The van der Waals surface area contributed by atoms with Crippen LogP contribution in [0, 0.1) is 0 Å². The topological polar surface area (TPSA) is 56.4 Å². The third-order valence-electron chi connectivity index (χ3n) is 6.46. The molecule has 0 unspecified atom stereocenters. The van der Waals surface area contributed by atoms with Crippen LogP contribution in [0.15, 0.2) is 18.2 Å². The minimum absolute atomic E-state index is 0.349. The lowest BCUT2D eigenvalue weighted by Crippen LogP contribution is -2.46. The number of piperazine rings is 1. The molecule has 146 valence electrons. The average Bonchev–Trinajstić information content (AvgIpc) is 3.04. The lowest BCUT2D eigenvalue weighted by molar-refractivity contribution is 0.0494. The fourth-order valence-corrected chi connectivity index (χ4v) is 4.57. The van der Waals surface area contributed by atoms with Crippen molar-refractivity contribution < 1.29 is 4.74 Å². The standard InChI is InChI=1S/C21H31N5O/c1-2-16(3-1)26-10-6-17(7-11-26)27-18-4-5-19-20(14-18)24-21(23-19)15-25-12-8-22-9-13-25/h4-5,14,16-17,22H,1-3,6-13,15H2,(H,23,24). The van der Waals surface area contributed by atoms with Crippen molar-refractivity contribution in [1.29, 1.82) is 0 Å². The Kier molecular flexibility index (Phi) is 5.03. The third-order valence-corrected chi connectivity index (χ3v) is 6.46. The summed E-state index contributed by atoms with van der Waals surface area (Å²) in [6, 6.07) is 7.16. The van der Waals surface area contributed by atoms with Gasteiger partial charge in [0.15, 0.2) is 0 Å². The van der Waals surface area contributed by atoms with Crippen LogP contribution in [0.2, 0.25) is 0 Å². The number of rotatable bonds is 5. The van der Waals surface area contributed by atoms with Crippen LogP contribution < -0.4 is 10.1 Å². The number of ether oxygens (including phenoxy) is 1. The first-order chi connectivity index (χ1) is 13.3. The van der Waals surface area contributed by atoms with E-state index in [2.05, 4.69) is 38.3 Å². The molecule has 6 heteroatoms. The van der Waals surface area contributed by atoms with Gasteiger partial charge in [0, 0.05) is 51.4 Å². The van der Waals surface area contributed by atoms with E-state index in [1.807, 2.05) is 0 Å². The molecule has 2 N–H and O–H groups in total. The van der Waals surface area contributed by atoms with Crippen LogP contribution in [-0.4, -0.2) is 71.2 Å². The number of fused-ring (bicyclic) bond motifs is 1. The molecule has 1 aliphatic carbocycles. The van der Waals surface area contributed by atoms with Gasteiger partial charge >= 0.3 is 0 Å². The number of aromatic nitrogens is 2. The molecule has 1 aromatic heterocycles. The number of hydrogen-bond acceptors (Lipinski definition) is 5. The van der Waals surface area contributed by atoms with Crippen LogP contribution in [0.25, 0.3) is 11.0 Å². The Labute approximate surface area is 161 Å². The summed E-state index contributed by atoms with van der Waals surface area (Å²) in [5.41, 5.74) is 2.12. The second-order valence-corrected chi connectivity index (χ2v) is 8.33. The molecule has 0 atom stereocenters. The Bertz CT molecular complexity index is 757. The van der Waals surface area contributed by atoms with Crippen molar-refractivity contribution in [2.24, 2.45) is 0 Å². The summed E-state index contributed by atoms with van der Waals surface area (Å²) in [5.74, 6) is 2.03. The molecule has 2 aliphatic heterocycles. The zero-order valence-corrected chi connectivity index (χ0v) is 16.1. The van der Waals surface area contributed by atoms with Gasteiger partial charge in [0.2, 0.25) is 0 Å². The van der Waals surface area contributed by atoms with Gasteiger partial charge in [-0.1, -0.05) is 6.42 Å². The summed E-state index contributed by atoms with van der Waals surface area (Å²) in [7, 11) is 0. The van der Waals surface area contributed by atoms with Gasteiger partial charge in [-0.15, -0.1) is 0 Å². The summed E-state index contributed by atoms with van der Waals surface area (Å²) in [6.07, 6.45) is 6.86. The fraction of sp³-hybridized carbons (Fsp3) is 0.667. The summed E-state index contributed by atoms with van der Waals surface area (Å²) >= 11 is 0. The van der Waals surface area contributed by atoms with E-state index in [9.17, 15) is 0 Å². The van der Waals surface area contributed by atoms with Gasteiger partial charge in [-0.25, -0.2) is 4.98 Å². The van der Waals surface area contributed by atoms with E-state index in [4.69, 9.17) is 9.72 Å². The molecule has 5 rings (SSSR count). The van der Waals surface area contributed by atoms with Gasteiger partial charge in [-0.2, -0.15) is 0 Å². The average molecular weight is 370 g/mol. The molecule has 3 heterocycles. The molecule has 0 bridgehead atoms. The van der Waals surface area contributed by atoms with Crippen molar-refractivity contribution in [3.8, 4) is 5.75 Å². The van der Waals surface area contributed by atoms with Crippen molar-refractivity contribution in [2.75, 3.05) is 39.3 Å². The Hall–Kier alpha value is -1.63. The zero-order valence-electron chi connectivity index (χ0n) is 16.1. The minimum Gasteiger partial charge on any atom is -0.490 e. The van der Waals surface area contributed by atoms with Gasteiger partial charge in [0.1, 0.15) is 17.7 Å². The Morgan fingerprint density at radius 2 is 1.85 bits per heavy atom. The second-order valence-electron chi connectivity index (χ2n) is 8.33. The van der Waals surface area contributed by atoms with Crippen molar-refractivity contribution in [3.05, 3.63) is 24.0 Å². The largest absolute Gasteiger partial charge is 0.490 e. The van der Waals surface area contributed by atoms with Gasteiger partial charge in [-0.05, 0) is 37.8 Å². The van der Waals surface area contributed by atoms with E-state index < -0.39 is 0 Å². The maximum atomic E-state index is 6.31. The van der Waals surface area contributed by atoms with Gasteiger partial charge < -0.3 is 19.9 Å². The molecule has 2 saturated heterocycles.